The van der Waals surface area contributed by atoms with Gasteiger partial charge in [0.25, 0.3) is 5.91 Å². The average Bonchev–Trinajstić information content (AvgIpc) is 3.11. The number of carbonyl (C=O) groups excluding carboxylic acids is 1. The Morgan fingerprint density at radius 2 is 1.78 bits per heavy atom. The van der Waals surface area contributed by atoms with Gasteiger partial charge in [0, 0.05) is 5.39 Å². The monoisotopic (exact) mass is 432 g/mol. The fraction of sp³-hybridized carbons (Fsp3) is 0. The normalized spacial score (nSPS) is 10.9. The van der Waals surface area contributed by atoms with E-state index in [0.29, 0.717) is 31.3 Å². The third-order valence-electron chi connectivity index (χ3n) is 3.99. The molecule has 2 heterocycles. The number of carbonyl (C=O) groups is 1. The first-order valence-corrected chi connectivity index (χ1v) is 9.89. The molecule has 0 aliphatic rings. The van der Waals surface area contributed by atoms with Crippen molar-refractivity contribution in [3.05, 3.63) is 80.6 Å². The van der Waals surface area contributed by atoms with E-state index >= 15 is 0 Å². The number of hydrogen-bond donors (Lipinski definition) is 1. The molecule has 3 nitrogen and oxygen atoms in total. The van der Waals surface area contributed by atoms with Crippen molar-refractivity contribution in [1.29, 1.82) is 0 Å². The third kappa shape index (κ3) is 3.66. The standard InChI is InChI=1S/C20H11Cl3N2OS/c21-13-5-3-7-15(19(13)23)25-20(26)12-10-16(17-8-9-18(22)27-17)24-14-6-2-1-4-11(12)14/h1-10H,(H,25,26). The molecule has 4 rings (SSSR count). The lowest BCUT2D eigenvalue weighted by atomic mass is 10.1. The van der Waals surface area contributed by atoms with Crippen molar-refractivity contribution in [3.63, 3.8) is 0 Å². The summed E-state index contributed by atoms with van der Waals surface area (Å²) in [4.78, 5) is 18.6. The summed E-state index contributed by atoms with van der Waals surface area (Å²) in [5.74, 6) is -0.290. The minimum atomic E-state index is -0.290. The molecule has 1 N–H and O–H groups in total. The molecule has 4 aromatic rings. The van der Waals surface area contributed by atoms with E-state index in [-0.39, 0.29) is 5.91 Å². The van der Waals surface area contributed by atoms with Crippen molar-refractivity contribution >= 4 is 68.6 Å². The number of thiophene rings is 1. The van der Waals surface area contributed by atoms with Gasteiger partial charge in [0.05, 0.1) is 41.7 Å². The van der Waals surface area contributed by atoms with Crippen LogP contribution in [0.2, 0.25) is 14.4 Å². The highest BCUT2D eigenvalue weighted by Crippen LogP contribution is 2.33. The molecule has 0 bridgehead atoms. The van der Waals surface area contributed by atoms with Gasteiger partial charge in [-0.2, -0.15) is 0 Å². The zero-order chi connectivity index (χ0) is 19.0. The first kappa shape index (κ1) is 18.3. The predicted octanol–water partition coefficient (Wildman–Crippen LogP) is 7.18. The van der Waals surface area contributed by atoms with E-state index in [4.69, 9.17) is 34.8 Å². The van der Waals surface area contributed by atoms with Crippen LogP contribution in [0, 0.1) is 0 Å². The number of aromatic nitrogens is 1. The number of para-hydroxylation sites is 1. The van der Waals surface area contributed by atoms with Crippen LogP contribution in [0.3, 0.4) is 0 Å². The fourth-order valence-corrected chi connectivity index (χ4v) is 4.08. The minimum absolute atomic E-state index is 0.290. The van der Waals surface area contributed by atoms with Crippen LogP contribution in [0.1, 0.15) is 10.4 Å². The number of nitrogens with one attached hydrogen (secondary N) is 1. The molecule has 0 aliphatic carbocycles. The van der Waals surface area contributed by atoms with E-state index < -0.39 is 0 Å². The average molecular weight is 434 g/mol. The maximum absolute atomic E-state index is 13.0. The Balaban J connectivity index is 1.82. The van der Waals surface area contributed by atoms with E-state index in [1.165, 1.54) is 11.3 Å². The molecule has 0 saturated heterocycles. The number of hydrogen-bond acceptors (Lipinski definition) is 3. The molecule has 0 unspecified atom stereocenters. The van der Waals surface area contributed by atoms with Crippen LogP contribution in [-0.2, 0) is 0 Å². The molecule has 1 amide bonds. The maximum Gasteiger partial charge on any atom is 0.256 e. The summed E-state index contributed by atoms with van der Waals surface area (Å²) in [6, 6.07) is 18.1. The van der Waals surface area contributed by atoms with Crippen molar-refractivity contribution in [2.24, 2.45) is 0 Å². The van der Waals surface area contributed by atoms with Crippen LogP contribution >= 0.6 is 46.1 Å². The molecule has 0 aliphatic heterocycles. The summed E-state index contributed by atoms with van der Waals surface area (Å²) >= 11 is 19.7. The number of anilines is 1. The van der Waals surface area contributed by atoms with Crippen molar-refractivity contribution in [3.8, 4) is 10.6 Å². The van der Waals surface area contributed by atoms with Gasteiger partial charge >= 0.3 is 0 Å². The van der Waals surface area contributed by atoms with Crippen LogP contribution in [0.15, 0.2) is 60.7 Å². The quantitative estimate of drug-likeness (QED) is 0.372. The van der Waals surface area contributed by atoms with Gasteiger partial charge in [-0.25, -0.2) is 4.98 Å². The van der Waals surface area contributed by atoms with Crippen LogP contribution in [-0.4, -0.2) is 10.9 Å². The molecule has 0 fully saturated rings. The Hall–Kier alpha value is -2.11. The summed E-state index contributed by atoms with van der Waals surface area (Å²) in [5, 5.41) is 4.27. The summed E-state index contributed by atoms with van der Waals surface area (Å²) in [7, 11) is 0. The van der Waals surface area contributed by atoms with Crippen molar-refractivity contribution < 1.29 is 4.79 Å². The topological polar surface area (TPSA) is 42.0 Å². The van der Waals surface area contributed by atoms with Gasteiger partial charge in [0.2, 0.25) is 0 Å². The summed E-state index contributed by atoms with van der Waals surface area (Å²) in [6.45, 7) is 0. The number of amides is 1. The van der Waals surface area contributed by atoms with Gasteiger partial charge in [-0.15, -0.1) is 11.3 Å². The van der Waals surface area contributed by atoms with E-state index in [1.54, 1.807) is 24.3 Å². The number of pyridine rings is 1. The SMILES string of the molecule is O=C(Nc1cccc(Cl)c1Cl)c1cc(-c2ccc(Cl)s2)nc2ccccc12. The van der Waals surface area contributed by atoms with E-state index in [2.05, 4.69) is 10.3 Å². The molecule has 27 heavy (non-hydrogen) atoms. The number of rotatable bonds is 3. The zero-order valence-corrected chi connectivity index (χ0v) is 16.8. The van der Waals surface area contributed by atoms with E-state index in [1.807, 2.05) is 36.4 Å². The molecule has 7 heteroatoms. The lowest BCUT2D eigenvalue weighted by molar-refractivity contribution is 0.102. The van der Waals surface area contributed by atoms with Gasteiger partial charge in [0.1, 0.15) is 0 Å². The molecule has 0 saturated carbocycles. The first-order valence-electron chi connectivity index (χ1n) is 7.94. The third-order valence-corrected chi connectivity index (χ3v) is 6.06. The fourth-order valence-electron chi connectivity index (χ4n) is 2.73. The molecule has 134 valence electrons. The van der Waals surface area contributed by atoms with E-state index in [9.17, 15) is 4.79 Å². The molecule has 0 radical (unpaired) electrons. The van der Waals surface area contributed by atoms with Crippen LogP contribution in [0.5, 0.6) is 0 Å². The number of halogens is 3. The molecular formula is C20H11Cl3N2OS. The second-order valence-electron chi connectivity index (χ2n) is 5.73. The zero-order valence-electron chi connectivity index (χ0n) is 13.7. The Bertz CT molecular complexity index is 1170. The lowest BCUT2D eigenvalue weighted by Gasteiger charge is -2.11. The smallest absolute Gasteiger partial charge is 0.256 e. The number of nitrogens with zero attached hydrogens (tertiary/aromatic N) is 1. The number of fused-ring (bicyclic) bond motifs is 1. The molecule has 0 atom stereocenters. The highest BCUT2D eigenvalue weighted by molar-refractivity contribution is 7.19. The van der Waals surface area contributed by atoms with Crippen LogP contribution in [0.4, 0.5) is 5.69 Å². The Labute approximate surface area is 174 Å². The molecular weight excluding hydrogens is 423 g/mol. The second-order valence-corrected chi connectivity index (χ2v) is 8.23. The largest absolute Gasteiger partial charge is 0.321 e. The molecule has 2 aromatic carbocycles. The van der Waals surface area contributed by atoms with Crippen molar-refractivity contribution in [2.45, 2.75) is 0 Å². The summed E-state index contributed by atoms with van der Waals surface area (Å²) in [6.07, 6.45) is 0. The van der Waals surface area contributed by atoms with Crippen LogP contribution < -0.4 is 5.32 Å². The molecule has 0 spiro atoms. The van der Waals surface area contributed by atoms with E-state index in [0.717, 1.165) is 15.8 Å². The van der Waals surface area contributed by atoms with Crippen LogP contribution in [0.25, 0.3) is 21.5 Å². The minimum Gasteiger partial charge on any atom is -0.321 e. The summed E-state index contributed by atoms with van der Waals surface area (Å²) in [5.41, 5.74) is 2.36. The van der Waals surface area contributed by atoms with Gasteiger partial charge < -0.3 is 5.32 Å². The van der Waals surface area contributed by atoms with Gasteiger partial charge in [-0.05, 0) is 36.4 Å². The van der Waals surface area contributed by atoms with Gasteiger partial charge in [-0.1, -0.05) is 59.1 Å². The highest BCUT2D eigenvalue weighted by atomic mass is 35.5. The maximum atomic E-state index is 13.0. The first-order chi connectivity index (χ1) is 13.0. The number of benzene rings is 2. The summed E-state index contributed by atoms with van der Waals surface area (Å²) < 4.78 is 0.664. The highest BCUT2D eigenvalue weighted by Gasteiger charge is 2.16. The van der Waals surface area contributed by atoms with Gasteiger partial charge in [0.15, 0.2) is 0 Å². The predicted molar refractivity (Wildman–Crippen MR) is 114 cm³/mol. The van der Waals surface area contributed by atoms with Crippen molar-refractivity contribution in [1.82, 2.24) is 4.98 Å². The van der Waals surface area contributed by atoms with Gasteiger partial charge in [-0.3, -0.25) is 4.79 Å². The molecule has 2 aromatic heterocycles. The lowest BCUT2D eigenvalue weighted by Crippen LogP contribution is -2.13. The second kappa shape index (κ2) is 7.49. The Kier molecular flexibility index (Phi) is 5.06. The van der Waals surface area contributed by atoms with Crippen molar-refractivity contribution in [2.75, 3.05) is 5.32 Å². The Morgan fingerprint density at radius 3 is 2.56 bits per heavy atom. The Morgan fingerprint density at radius 1 is 0.963 bits per heavy atom.